The fraction of sp³-hybridized carbons (Fsp3) is 0.625. The fourth-order valence-electron chi connectivity index (χ4n) is 1.65. The number of rotatable bonds is 1. The number of alkyl halides is 3. The van der Waals surface area contributed by atoms with Gasteiger partial charge in [0.25, 0.3) is 0 Å². The second-order valence-corrected chi connectivity index (χ2v) is 3.21. The predicted octanol–water partition coefficient (Wildman–Crippen LogP) is 1.15. The summed E-state index contributed by atoms with van der Waals surface area (Å²) < 4.78 is 42.7. The molecule has 0 spiro atoms. The first-order chi connectivity index (χ1) is 7.04. The molecule has 7 heteroatoms. The quantitative estimate of drug-likeness (QED) is 0.773. The lowest BCUT2D eigenvalue weighted by molar-refractivity contribution is -0.142. The number of nitrogens with one attached hydrogen (secondary N) is 1. The lowest BCUT2D eigenvalue weighted by Crippen LogP contribution is -2.18. The van der Waals surface area contributed by atoms with Crippen molar-refractivity contribution in [3.63, 3.8) is 0 Å². The molecule has 1 aliphatic rings. The molecule has 0 amide bonds. The van der Waals surface area contributed by atoms with Crippen molar-refractivity contribution in [1.29, 1.82) is 0 Å². The smallest absolute Gasteiger partial charge is 0.376 e. The van der Waals surface area contributed by atoms with E-state index in [2.05, 4.69) is 10.5 Å². The first-order valence-electron chi connectivity index (χ1n) is 4.47. The summed E-state index contributed by atoms with van der Waals surface area (Å²) in [6, 6.07) is 0. The number of hydrogen-bond donors (Lipinski definition) is 1. The molecule has 2 rings (SSSR count). The molecule has 4 nitrogen and oxygen atoms in total. The highest BCUT2D eigenvalue weighted by atomic mass is 19.4. The van der Waals surface area contributed by atoms with Gasteiger partial charge in [-0.25, -0.2) is 0 Å². The van der Waals surface area contributed by atoms with Crippen LogP contribution in [0, 0.1) is 0 Å². The first-order valence-corrected chi connectivity index (χ1v) is 4.47. The van der Waals surface area contributed by atoms with Crippen molar-refractivity contribution in [2.45, 2.75) is 19.2 Å². The molecule has 0 aromatic carbocycles. The maximum absolute atomic E-state index is 12.6. The van der Waals surface area contributed by atoms with Gasteiger partial charge < -0.3 is 10.2 Å². The number of nitrogens with zero attached hydrogens (tertiary/aromatic N) is 2. The van der Waals surface area contributed by atoms with E-state index in [1.165, 1.54) is 11.8 Å². The van der Waals surface area contributed by atoms with Gasteiger partial charge >= 0.3 is 6.18 Å². The zero-order chi connectivity index (χ0) is 11.1. The molecule has 0 saturated heterocycles. The Morgan fingerprint density at radius 2 is 2.20 bits per heavy atom. The third kappa shape index (κ3) is 1.67. The third-order valence-electron chi connectivity index (χ3n) is 2.30. The number of ether oxygens (including phenoxy) is 1. The molecule has 0 bridgehead atoms. The van der Waals surface area contributed by atoms with Gasteiger partial charge in [-0.15, -0.1) is 5.10 Å². The van der Waals surface area contributed by atoms with Crippen LogP contribution in [0.5, 0.6) is 0 Å². The van der Waals surface area contributed by atoms with E-state index in [0.29, 0.717) is 18.7 Å². The average molecular weight is 221 g/mol. The van der Waals surface area contributed by atoms with Crippen molar-refractivity contribution in [2.24, 2.45) is 0 Å². The molecule has 1 N–H and O–H groups in total. The van der Waals surface area contributed by atoms with Crippen LogP contribution in [0.1, 0.15) is 17.0 Å². The van der Waals surface area contributed by atoms with Gasteiger partial charge in [-0.2, -0.15) is 18.0 Å². The maximum Gasteiger partial charge on any atom is 0.435 e. The Morgan fingerprint density at radius 3 is 2.80 bits per heavy atom. The molecular weight excluding hydrogens is 211 g/mol. The Labute approximate surface area is 84.0 Å². The second-order valence-electron chi connectivity index (χ2n) is 3.21. The topological polar surface area (TPSA) is 39.1 Å². The minimum absolute atomic E-state index is 0.0220. The van der Waals surface area contributed by atoms with E-state index < -0.39 is 11.9 Å². The molecule has 84 valence electrons. The van der Waals surface area contributed by atoms with Gasteiger partial charge in [0.15, 0.2) is 5.69 Å². The van der Waals surface area contributed by atoms with Crippen LogP contribution >= 0.6 is 0 Å². The van der Waals surface area contributed by atoms with Gasteiger partial charge in [-0.3, -0.25) is 0 Å². The predicted molar refractivity (Wildman–Crippen MR) is 45.9 cm³/mol. The molecule has 0 aliphatic carbocycles. The molecule has 2 heterocycles. The Balaban J connectivity index is 2.52. The molecule has 0 saturated carbocycles. The summed E-state index contributed by atoms with van der Waals surface area (Å²) in [5.74, 6) is 0. The van der Waals surface area contributed by atoms with Crippen LogP contribution in [0.3, 0.4) is 0 Å². The van der Waals surface area contributed by atoms with Crippen LogP contribution in [0.4, 0.5) is 13.2 Å². The van der Waals surface area contributed by atoms with E-state index in [4.69, 9.17) is 4.74 Å². The average Bonchev–Trinajstić information content (AvgIpc) is 2.55. The molecule has 1 aromatic heterocycles. The number of aromatic nitrogens is 2. The Morgan fingerprint density at radius 1 is 1.47 bits per heavy atom. The van der Waals surface area contributed by atoms with E-state index in [1.54, 1.807) is 0 Å². The minimum Gasteiger partial charge on any atom is -0.376 e. The number of hydrogen-bond acceptors (Lipinski definition) is 3. The molecule has 1 aromatic rings. The summed E-state index contributed by atoms with van der Waals surface area (Å²) in [5, 5.41) is 3.48. The van der Waals surface area contributed by atoms with Gasteiger partial charge in [0.2, 0.25) is 0 Å². The van der Waals surface area contributed by atoms with E-state index in [9.17, 15) is 13.2 Å². The minimum atomic E-state index is -4.42. The van der Waals surface area contributed by atoms with Gasteiger partial charge in [0.1, 0.15) is 0 Å². The first kappa shape index (κ1) is 10.3. The van der Waals surface area contributed by atoms with Gasteiger partial charge in [0.05, 0.1) is 18.9 Å². The summed E-state index contributed by atoms with van der Waals surface area (Å²) in [4.78, 5) is 1.17. The van der Waals surface area contributed by atoms with Crippen molar-refractivity contribution < 1.29 is 17.9 Å². The van der Waals surface area contributed by atoms with Crippen molar-refractivity contribution in [1.82, 2.24) is 9.89 Å². The summed E-state index contributed by atoms with van der Waals surface area (Å²) in [5.41, 5.74) is 2.44. The highest BCUT2D eigenvalue weighted by Crippen LogP contribution is 2.34. The third-order valence-corrected chi connectivity index (χ3v) is 2.30. The zero-order valence-corrected chi connectivity index (χ0v) is 8.06. The standard InChI is InChI=1S/C8H10F3N3O/c1-12-14-6-2-3-15-4-5(6)7(13-14)8(9,10)11/h12H,2-4H2,1H3. The van der Waals surface area contributed by atoms with Gasteiger partial charge in [-0.1, -0.05) is 0 Å². The highest BCUT2D eigenvalue weighted by Gasteiger charge is 2.39. The maximum atomic E-state index is 12.6. The lowest BCUT2D eigenvalue weighted by atomic mass is 10.1. The zero-order valence-electron chi connectivity index (χ0n) is 8.06. The van der Waals surface area contributed by atoms with Crippen LogP contribution in [-0.2, 0) is 23.9 Å². The van der Waals surface area contributed by atoms with Crippen molar-refractivity contribution in [2.75, 3.05) is 19.1 Å². The summed E-state index contributed by atoms with van der Waals surface area (Å²) in [7, 11) is 1.53. The second kappa shape index (κ2) is 3.41. The van der Waals surface area contributed by atoms with E-state index >= 15 is 0 Å². The molecule has 15 heavy (non-hydrogen) atoms. The lowest BCUT2D eigenvalue weighted by Gasteiger charge is -2.14. The molecule has 0 atom stereocenters. The monoisotopic (exact) mass is 221 g/mol. The van der Waals surface area contributed by atoms with E-state index in [1.807, 2.05) is 0 Å². The Bertz CT molecular complexity index is 372. The summed E-state index contributed by atoms with van der Waals surface area (Å²) in [6.07, 6.45) is -3.98. The SMILES string of the molecule is CNn1nc(C(F)(F)F)c2c1CCOC2. The normalized spacial score (nSPS) is 16.3. The number of fused-ring (bicyclic) bond motifs is 1. The highest BCUT2D eigenvalue weighted by molar-refractivity contribution is 5.30. The van der Waals surface area contributed by atoms with Crippen LogP contribution in [0.25, 0.3) is 0 Å². The molecule has 0 fully saturated rings. The van der Waals surface area contributed by atoms with Crippen LogP contribution in [0.15, 0.2) is 0 Å². The molecule has 1 aliphatic heterocycles. The summed E-state index contributed by atoms with van der Waals surface area (Å²) in [6.45, 7) is 0.406. The van der Waals surface area contributed by atoms with Crippen molar-refractivity contribution in [3.8, 4) is 0 Å². The fourth-order valence-corrected chi connectivity index (χ4v) is 1.65. The van der Waals surface area contributed by atoms with E-state index in [0.717, 1.165) is 0 Å². The Kier molecular flexibility index (Phi) is 2.34. The largest absolute Gasteiger partial charge is 0.435 e. The Hall–Kier alpha value is -1.24. The number of halogens is 3. The molecular formula is C8H10F3N3O. The molecule has 0 radical (unpaired) electrons. The van der Waals surface area contributed by atoms with Crippen molar-refractivity contribution >= 4 is 0 Å². The molecule has 0 unspecified atom stereocenters. The van der Waals surface area contributed by atoms with Crippen LogP contribution < -0.4 is 5.43 Å². The van der Waals surface area contributed by atoms with Gasteiger partial charge in [-0.05, 0) is 0 Å². The van der Waals surface area contributed by atoms with Crippen molar-refractivity contribution in [3.05, 3.63) is 17.0 Å². The summed E-state index contributed by atoms with van der Waals surface area (Å²) >= 11 is 0. The van der Waals surface area contributed by atoms with Crippen LogP contribution in [-0.4, -0.2) is 23.5 Å². The van der Waals surface area contributed by atoms with E-state index in [-0.39, 0.29) is 12.2 Å². The van der Waals surface area contributed by atoms with Gasteiger partial charge in [0, 0.05) is 19.0 Å². The van der Waals surface area contributed by atoms with Crippen LogP contribution in [0.2, 0.25) is 0 Å².